The van der Waals surface area contributed by atoms with Gasteiger partial charge in [0.25, 0.3) is 0 Å². The smallest absolute Gasteiger partial charge is 0.119 e. The highest BCUT2D eigenvalue weighted by Crippen LogP contribution is 2.34. The van der Waals surface area contributed by atoms with Crippen molar-refractivity contribution in [1.82, 2.24) is 4.98 Å². The van der Waals surface area contributed by atoms with Crippen LogP contribution in [0.15, 0.2) is 60.8 Å². The van der Waals surface area contributed by atoms with E-state index in [4.69, 9.17) is 9.72 Å². The van der Waals surface area contributed by atoms with Crippen molar-refractivity contribution < 1.29 is 4.74 Å². The minimum atomic E-state index is 0.631. The topological polar surface area (TPSA) is 22.1 Å². The van der Waals surface area contributed by atoms with E-state index in [-0.39, 0.29) is 0 Å². The van der Waals surface area contributed by atoms with Crippen molar-refractivity contribution >= 4 is 21.5 Å². The average Bonchev–Trinajstić information content (AvgIpc) is 2.71. The minimum absolute atomic E-state index is 0.631. The van der Waals surface area contributed by atoms with Gasteiger partial charge in [0.2, 0.25) is 0 Å². The Morgan fingerprint density at radius 3 is 2.03 bits per heavy atom. The van der Waals surface area contributed by atoms with Crippen LogP contribution in [-0.2, 0) is 12.8 Å². The van der Waals surface area contributed by atoms with E-state index in [1.54, 1.807) is 7.11 Å². The Morgan fingerprint density at radius 1 is 0.733 bits per heavy atom. The molecule has 0 aliphatic rings. The highest BCUT2D eigenvalue weighted by Gasteiger charge is 2.12. The number of nitrogens with zero attached hydrogens (tertiary/aromatic N) is 1. The molecule has 30 heavy (non-hydrogen) atoms. The molecule has 0 N–H and O–H groups in total. The van der Waals surface area contributed by atoms with E-state index in [2.05, 4.69) is 76.2 Å². The van der Waals surface area contributed by atoms with Gasteiger partial charge in [-0.15, -0.1) is 0 Å². The van der Waals surface area contributed by atoms with Gasteiger partial charge in [0.05, 0.1) is 12.8 Å². The SMILES string of the molecule is COc1ccc2c(ccc3c(-c4cc(CC(C)C)cc(CC(C)C)c4)nccc32)c1. The molecule has 0 unspecified atom stereocenters. The van der Waals surface area contributed by atoms with E-state index in [0.717, 1.165) is 24.3 Å². The summed E-state index contributed by atoms with van der Waals surface area (Å²) in [6, 6.07) is 19.9. The van der Waals surface area contributed by atoms with Crippen molar-refractivity contribution in [2.45, 2.75) is 40.5 Å². The molecule has 0 fully saturated rings. The lowest BCUT2D eigenvalue weighted by atomic mass is 9.92. The van der Waals surface area contributed by atoms with Crippen LogP contribution < -0.4 is 4.74 Å². The van der Waals surface area contributed by atoms with Crippen molar-refractivity contribution in [3.8, 4) is 17.0 Å². The molecule has 0 saturated carbocycles. The van der Waals surface area contributed by atoms with Crippen molar-refractivity contribution in [2.24, 2.45) is 11.8 Å². The van der Waals surface area contributed by atoms with Crippen LogP contribution in [0.2, 0.25) is 0 Å². The third-order valence-corrected chi connectivity index (χ3v) is 5.58. The fourth-order valence-corrected chi connectivity index (χ4v) is 4.41. The van der Waals surface area contributed by atoms with Gasteiger partial charge in [-0.3, -0.25) is 4.98 Å². The van der Waals surface area contributed by atoms with Crippen LogP contribution >= 0.6 is 0 Å². The summed E-state index contributed by atoms with van der Waals surface area (Å²) in [6.07, 6.45) is 4.12. The predicted molar refractivity (Wildman–Crippen MR) is 128 cm³/mol. The lowest BCUT2D eigenvalue weighted by Crippen LogP contribution is -2.00. The number of hydrogen-bond donors (Lipinski definition) is 0. The van der Waals surface area contributed by atoms with Crippen LogP contribution in [0.3, 0.4) is 0 Å². The van der Waals surface area contributed by atoms with Gasteiger partial charge in [-0.25, -0.2) is 0 Å². The van der Waals surface area contributed by atoms with Crippen LogP contribution in [0, 0.1) is 11.8 Å². The number of benzene rings is 3. The number of ether oxygens (including phenoxy) is 1. The van der Waals surface area contributed by atoms with Gasteiger partial charge >= 0.3 is 0 Å². The molecule has 0 aliphatic heterocycles. The number of pyridine rings is 1. The number of fused-ring (bicyclic) bond motifs is 3. The van der Waals surface area contributed by atoms with Gasteiger partial charge < -0.3 is 4.74 Å². The predicted octanol–water partition coefficient (Wildman–Crippen LogP) is 7.46. The molecule has 0 spiro atoms. The number of hydrogen-bond acceptors (Lipinski definition) is 2. The standard InChI is InChI=1S/C28H31NO/c1-18(2)12-20-14-21(13-19(3)4)16-23(15-20)28-27-8-6-22-17-24(30-5)7-9-25(22)26(27)10-11-29-28/h6-11,14-19H,12-13H2,1-5H3. The zero-order valence-corrected chi connectivity index (χ0v) is 18.7. The minimum Gasteiger partial charge on any atom is -0.497 e. The maximum atomic E-state index is 5.40. The van der Waals surface area contributed by atoms with Crippen LogP contribution in [0.25, 0.3) is 32.8 Å². The second-order valence-corrected chi connectivity index (χ2v) is 9.14. The van der Waals surface area contributed by atoms with Crippen molar-refractivity contribution in [3.63, 3.8) is 0 Å². The first kappa shape index (κ1) is 20.4. The molecule has 1 heterocycles. The van der Waals surface area contributed by atoms with Crippen LogP contribution in [0.5, 0.6) is 5.75 Å². The third kappa shape index (κ3) is 4.18. The summed E-state index contributed by atoms with van der Waals surface area (Å²) < 4.78 is 5.40. The van der Waals surface area contributed by atoms with Crippen molar-refractivity contribution in [1.29, 1.82) is 0 Å². The summed E-state index contributed by atoms with van der Waals surface area (Å²) in [6.45, 7) is 9.13. The molecule has 0 amide bonds. The van der Waals surface area contributed by atoms with Crippen molar-refractivity contribution in [3.05, 3.63) is 71.9 Å². The lowest BCUT2D eigenvalue weighted by molar-refractivity contribution is 0.415. The van der Waals surface area contributed by atoms with Gasteiger partial charge in [-0.1, -0.05) is 52.0 Å². The number of aromatic nitrogens is 1. The summed E-state index contributed by atoms with van der Waals surface area (Å²) >= 11 is 0. The molecule has 0 radical (unpaired) electrons. The summed E-state index contributed by atoms with van der Waals surface area (Å²) in [5.41, 5.74) is 5.10. The van der Waals surface area contributed by atoms with Gasteiger partial charge in [0, 0.05) is 17.1 Å². The maximum Gasteiger partial charge on any atom is 0.119 e. The van der Waals surface area contributed by atoms with Crippen LogP contribution in [-0.4, -0.2) is 12.1 Å². The van der Waals surface area contributed by atoms with Gasteiger partial charge in [0.1, 0.15) is 5.75 Å². The molecule has 0 aliphatic carbocycles. The first-order valence-corrected chi connectivity index (χ1v) is 10.9. The monoisotopic (exact) mass is 397 g/mol. The second-order valence-electron chi connectivity index (χ2n) is 9.14. The van der Waals surface area contributed by atoms with Gasteiger partial charge in [0.15, 0.2) is 0 Å². The third-order valence-electron chi connectivity index (χ3n) is 5.58. The molecule has 4 aromatic rings. The molecule has 2 nitrogen and oxygen atoms in total. The highest BCUT2D eigenvalue weighted by molar-refractivity contribution is 6.11. The quantitative estimate of drug-likeness (QED) is 0.315. The van der Waals surface area contributed by atoms with Crippen LogP contribution in [0.4, 0.5) is 0 Å². The Bertz CT molecular complexity index is 1160. The Morgan fingerprint density at radius 2 is 1.40 bits per heavy atom. The summed E-state index contributed by atoms with van der Waals surface area (Å²) in [5, 5.41) is 4.86. The molecule has 4 rings (SSSR count). The second kappa shape index (κ2) is 8.47. The van der Waals surface area contributed by atoms with Gasteiger partial charge in [-0.2, -0.15) is 0 Å². The Hall–Kier alpha value is -2.87. The molecule has 1 aromatic heterocycles. The van der Waals surface area contributed by atoms with E-state index in [1.165, 1.54) is 38.2 Å². The molecular formula is C28H31NO. The molecule has 0 saturated heterocycles. The Labute approximate surface area is 179 Å². The van der Waals surface area contributed by atoms with Crippen molar-refractivity contribution in [2.75, 3.05) is 7.11 Å². The molecular weight excluding hydrogens is 366 g/mol. The molecule has 3 aromatic carbocycles. The van der Waals surface area contributed by atoms with E-state index in [0.29, 0.717) is 11.8 Å². The van der Waals surface area contributed by atoms with Gasteiger partial charge in [-0.05, 0) is 82.3 Å². The summed E-state index contributed by atoms with van der Waals surface area (Å²) in [4.78, 5) is 4.83. The first-order valence-electron chi connectivity index (χ1n) is 10.9. The highest BCUT2D eigenvalue weighted by atomic mass is 16.5. The van der Waals surface area contributed by atoms with E-state index >= 15 is 0 Å². The van der Waals surface area contributed by atoms with E-state index in [1.807, 2.05) is 12.3 Å². The fraction of sp³-hybridized carbons (Fsp3) is 0.321. The maximum absolute atomic E-state index is 5.40. The van der Waals surface area contributed by atoms with E-state index < -0.39 is 0 Å². The Balaban J connectivity index is 1.90. The summed E-state index contributed by atoms with van der Waals surface area (Å²) in [7, 11) is 1.71. The zero-order chi connectivity index (χ0) is 21.3. The number of methoxy groups -OCH3 is 1. The zero-order valence-electron chi connectivity index (χ0n) is 18.7. The normalized spacial score (nSPS) is 11.7. The average molecular weight is 398 g/mol. The number of rotatable bonds is 6. The lowest BCUT2D eigenvalue weighted by Gasteiger charge is -2.14. The van der Waals surface area contributed by atoms with E-state index in [9.17, 15) is 0 Å². The molecule has 0 atom stereocenters. The van der Waals surface area contributed by atoms with Crippen LogP contribution in [0.1, 0.15) is 38.8 Å². The summed E-state index contributed by atoms with van der Waals surface area (Å²) in [5.74, 6) is 2.15. The largest absolute Gasteiger partial charge is 0.497 e. The fourth-order valence-electron chi connectivity index (χ4n) is 4.41. The molecule has 2 heteroatoms. The molecule has 154 valence electrons. The Kier molecular flexibility index (Phi) is 5.76. The molecule has 0 bridgehead atoms. The first-order chi connectivity index (χ1) is 14.4.